The fourth-order valence-electron chi connectivity index (χ4n) is 2.59. The van der Waals surface area contributed by atoms with E-state index in [4.69, 9.17) is 21.1 Å². The second-order valence-electron chi connectivity index (χ2n) is 6.26. The van der Waals surface area contributed by atoms with E-state index < -0.39 is 11.9 Å². The fraction of sp³-hybridized carbons (Fsp3) is 0.368. The molecule has 0 N–H and O–H groups in total. The summed E-state index contributed by atoms with van der Waals surface area (Å²) in [6.07, 6.45) is 2.01. The molecule has 0 radical (unpaired) electrons. The first-order chi connectivity index (χ1) is 13.0. The molecule has 0 aliphatic heterocycles. The lowest BCUT2D eigenvalue weighted by Gasteiger charge is -2.14. The highest BCUT2D eigenvalue weighted by molar-refractivity contribution is 6.29. The number of hydrogen-bond donors (Lipinski definition) is 0. The van der Waals surface area contributed by atoms with E-state index in [9.17, 15) is 9.59 Å². The molecule has 7 nitrogen and oxygen atoms in total. The Labute approximate surface area is 161 Å². The minimum Gasteiger partial charge on any atom is -0.469 e. The number of ether oxygens (including phenoxy) is 3. The quantitative estimate of drug-likeness (QED) is 0.661. The number of para-hydroxylation sites is 1. The normalized spacial score (nSPS) is 13.1. The van der Waals surface area contributed by atoms with Gasteiger partial charge in [0.05, 0.1) is 20.0 Å². The predicted molar refractivity (Wildman–Crippen MR) is 97.2 cm³/mol. The number of halogens is 1. The number of esters is 2. The van der Waals surface area contributed by atoms with Crippen LogP contribution in [-0.4, -0.2) is 29.2 Å². The predicted octanol–water partition coefficient (Wildman–Crippen LogP) is 3.97. The van der Waals surface area contributed by atoms with Crippen LogP contribution in [0.5, 0.6) is 17.4 Å². The molecule has 1 aromatic carbocycles. The Morgan fingerprint density at radius 1 is 1.19 bits per heavy atom. The van der Waals surface area contributed by atoms with Crippen LogP contribution in [0.4, 0.5) is 0 Å². The summed E-state index contributed by atoms with van der Waals surface area (Å²) >= 11 is 5.88. The Hall–Kier alpha value is -2.67. The first-order valence-electron chi connectivity index (χ1n) is 8.56. The smallest absolute Gasteiger partial charge is 0.311 e. The molecule has 1 fully saturated rings. The fourth-order valence-corrected chi connectivity index (χ4v) is 2.73. The number of carbonyl (C=O) groups excluding carboxylic acids is 2. The average Bonchev–Trinajstić information content (AvgIpc) is 3.48. The summed E-state index contributed by atoms with van der Waals surface area (Å²) in [6.45, 7) is 1.94. The highest BCUT2D eigenvalue weighted by Crippen LogP contribution is 2.46. The van der Waals surface area contributed by atoms with Gasteiger partial charge < -0.3 is 14.2 Å². The van der Waals surface area contributed by atoms with Crippen molar-refractivity contribution in [2.45, 2.75) is 38.5 Å². The monoisotopic (exact) mass is 390 g/mol. The summed E-state index contributed by atoms with van der Waals surface area (Å²) < 4.78 is 15.8. The van der Waals surface area contributed by atoms with Crippen molar-refractivity contribution in [3.8, 4) is 17.4 Å². The van der Waals surface area contributed by atoms with E-state index in [1.165, 1.54) is 13.2 Å². The van der Waals surface area contributed by atoms with Crippen molar-refractivity contribution in [1.82, 2.24) is 10.2 Å². The molecule has 0 unspecified atom stereocenters. The van der Waals surface area contributed by atoms with Crippen molar-refractivity contribution in [3.63, 3.8) is 0 Å². The van der Waals surface area contributed by atoms with Crippen molar-refractivity contribution in [1.29, 1.82) is 0 Å². The molecule has 27 heavy (non-hydrogen) atoms. The van der Waals surface area contributed by atoms with E-state index in [0.717, 1.165) is 24.0 Å². The molecule has 0 bridgehead atoms. The zero-order valence-electron chi connectivity index (χ0n) is 15.0. The summed E-state index contributed by atoms with van der Waals surface area (Å²) in [6, 6.07) is 7.30. The molecule has 1 aliphatic carbocycles. The third-order valence-corrected chi connectivity index (χ3v) is 4.33. The Morgan fingerprint density at radius 2 is 1.93 bits per heavy atom. The van der Waals surface area contributed by atoms with Crippen LogP contribution in [0.15, 0.2) is 24.3 Å². The summed E-state index contributed by atoms with van der Waals surface area (Å²) in [4.78, 5) is 23.2. The molecule has 0 atom stereocenters. The van der Waals surface area contributed by atoms with Gasteiger partial charge in [-0.3, -0.25) is 9.59 Å². The minimum atomic E-state index is -0.624. The van der Waals surface area contributed by atoms with Crippen LogP contribution >= 0.6 is 11.6 Å². The van der Waals surface area contributed by atoms with Gasteiger partial charge in [-0.1, -0.05) is 29.8 Å². The van der Waals surface area contributed by atoms with Crippen molar-refractivity contribution < 1.29 is 23.8 Å². The van der Waals surface area contributed by atoms with Crippen LogP contribution in [0.25, 0.3) is 0 Å². The number of hydrogen-bond acceptors (Lipinski definition) is 7. The van der Waals surface area contributed by atoms with Crippen molar-refractivity contribution in [2.24, 2.45) is 0 Å². The van der Waals surface area contributed by atoms with Crippen molar-refractivity contribution >= 4 is 23.5 Å². The van der Waals surface area contributed by atoms with Gasteiger partial charge in [0.1, 0.15) is 5.75 Å². The lowest BCUT2D eigenvalue weighted by atomic mass is 10.1. The Balaban J connectivity index is 1.81. The first kappa shape index (κ1) is 19.1. The first-order valence-corrected chi connectivity index (χ1v) is 8.93. The Bertz CT molecular complexity index is 867. The molecular formula is C19H19ClN2O5. The lowest BCUT2D eigenvalue weighted by molar-refractivity contribution is -0.144. The van der Waals surface area contributed by atoms with Crippen LogP contribution < -0.4 is 9.47 Å². The topological polar surface area (TPSA) is 87.6 Å². The summed E-state index contributed by atoms with van der Waals surface area (Å²) in [5.41, 5.74) is 2.04. The molecule has 142 valence electrons. The molecule has 2 aromatic rings. The van der Waals surface area contributed by atoms with E-state index in [1.807, 2.05) is 25.1 Å². The minimum absolute atomic E-state index is 0.0435. The summed E-state index contributed by atoms with van der Waals surface area (Å²) in [7, 11) is 1.26. The molecule has 8 heteroatoms. The van der Waals surface area contributed by atoms with Crippen LogP contribution in [0.2, 0.25) is 5.15 Å². The van der Waals surface area contributed by atoms with Crippen LogP contribution in [0, 0.1) is 6.92 Å². The molecule has 1 saturated carbocycles. The largest absolute Gasteiger partial charge is 0.469 e. The summed E-state index contributed by atoms with van der Waals surface area (Å²) in [5.74, 6) is 0.122. The van der Waals surface area contributed by atoms with Gasteiger partial charge in [0.2, 0.25) is 0 Å². The van der Waals surface area contributed by atoms with E-state index in [1.54, 1.807) is 0 Å². The zero-order chi connectivity index (χ0) is 19.4. The van der Waals surface area contributed by atoms with E-state index in [0.29, 0.717) is 11.7 Å². The number of nitrogens with zero attached hydrogens (tertiary/aromatic N) is 2. The number of aromatic nitrogens is 2. The number of methoxy groups -OCH3 is 1. The SMILES string of the molecule is COC(=O)CCC(=O)Oc1cc(Cl)nnc1Oc1c(C)cccc1C1CC1. The van der Waals surface area contributed by atoms with Crippen LogP contribution in [0.1, 0.15) is 42.7 Å². The van der Waals surface area contributed by atoms with Gasteiger partial charge in [-0.05, 0) is 36.8 Å². The van der Waals surface area contributed by atoms with Gasteiger partial charge in [-0.15, -0.1) is 10.2 Å². The average molecular weight is 391 g/mol. The lowest BCUT2D eigenvalue weighted by Crippen LogP contribution is -2.12. The maximum absolute atomic E-state index is 12.0. The second kappa shape index (κ2) is 8.35. The van der Waals surface area contributed by atoms with Gasteiger partial charge in [-0.25, -0.2) is 0 Å². The highest BCUT2D eigenvalue weighted by Gasteiger charge is 2.28. The third kappa shape index (κ3) is 4.95. The molecular weight excluding hydrogens is 372 g/mol. The second-order valence-corrected chi connectivity index (χ2v) is 6.64. The van der Waals surface area contributed by atoms with Gasteiger partial charge in [0.25, 0.3) is 5.88 Å². The molecule has 1 aliphatic rings. The number of aryl methyl sites for hydroxylation is 1. The molecule has 0 amide bonds. The number of rotatable bonds is 7. The van der Waals surface area contributed by atoms with Crippen LogP contribution in [0.3, 0.4) is 0 Å². The van der Waals surface area contributed by atoms with Gasteiger partial charge in [0.15, 0.2) is 10.9 Å². The number of carbonyl (C=O) groups is 2. The van der Waals surface area contributed by atoms with Crippen molar-refractivity contribution in [3.05, 3.63) is 40.5 Å². The van der Waals surface area contributed by atoms with E-state index >= 15 is 0 Å². The van der Waals surface area contributed by atoms with Gasteiger partial charge >= 0.3 is 11.9 Å². The maximum atomic E-state index is 12.0. The molecule has 1 heterocycles. The zero-order valence-corrected chi connectivity index (χ0v) is 15.8. The van der Waals surface area contributed by atoms with Gasteiger partial charge in [-0.2, -0.15) is 0 Å². The van der Waals surface area contributed by atoms with E-state index in [2.05, 4.69) is 14.9 Å². The molecule has 1 aromatic heterocycles. The molecule has 0 saturated heterocycles. The highest BCUT2D eigenvalue weighted by atomic mass is 35.5. The molecule has 3 rings (SSSR count). The Morgan fingerprint density at radius 3 is 2.63 bits per heavy atom. The molecule has 0 spiro atoms. The maximum Gasteiger partial charge on any atom is 0.311 e. The van der Waals surface area contributed by atoms with Gasteiger partial charge in [0, 0.05) is 6.07 Å². The standard InChI is InChI=1S/C19H19ClN2O5/c1-11-4-3-5-13(12-6-7-12)18(11)27-19-14(10-15(20)21-22-19)26-17(24)9-8-16(23)25-2/h3-5,10,12H,6-9H2,1-2H3. The Kier molecular flexibility index (Phi) is 5.91. The van der Waals surface area contributed by atoms with Crippen LogP contribution in [-0.2, 0) is 14.3 Å². The van der Waals surface area contributed by atoms with Crippen molar-refractivity contribution in [2.75, 3.05) is 7.11 Å². The van der Waals surface area contributed by atoms with E-state index in [-0.39, 0.29) is 29.6 Å². The number of benzene rings is 1. The third-order valence-electron chi connectivity index (χ3n) is 4.14. The summed E-state index contributed by atoms with van der Waals surface area (Å²) in [5, 5.41) is 7.76.